The van der Waals surface area contributed by atoms with E-state index in [1.165, 1.54) is 29.5 Å². The van der Waals surface area contributed by atoms with Crippen LogP contribution in [0.25, 0.3) is 11.1 Å². The second-order valence-electron chi connectivity index (χ2n) is 5.09. The van der Waals surface area contributed by atoms with Crippen LogP contribution in [0.1, 0.15) is 24.4 Å². The first-order valence-electron chi connectivity index (χ1n) is 6.71. The lowest BCUT2D eigenvalue weighted by molar-refractivity contribution is 0.529. The van der Waals surface area contributed by atoms with Crippen LogP contribution in [0.3, 0.4) is 0 Å². The van der Waals surface area contributed by atoms with E-state index in [4.69, 9.17) is 0 Å². The van der Waals surface area contributed by atoms with Crippen molar-refractivity contribution in [1.29, 1.82) is 0 Å². The van der Waals surface area contributed by atoms with Crippen LogP contribution in [0.4, 0.5) is 0 Å². The monoisotopic (exact) mass is 237 g/mol. The van der Waals surface area contributed by atoms with Gasteiger partial charge >= 0.3 is 0 Å². The highest BCUT2D eigenvalue weighted by molar-refractivity contribution is 5.63. The van der Waals surface area contributed by atoms with Crippen molar-refractivity contribution in [2.45, 2.75) is 18.9 Å². The fraction of sp³-hybridized carbons (Fsp3) is 0.294. The van der Waals surface area contributed by atoms with Crippen LogP contribution >= 0.6 is 0 Å². The first-order chi connectivity index (χ1) is 8.88. The summed E-state index contributed by atoms with van der Waals surface area (Å²) in [5.41, 5.74) is 4.00. The molecule has 1 unspecified atom stereocenters. The lowest BCUT2D eigenvalue weighted by Crippen LogP contribution is -2.18. The number of rotatable bonds is 4. The van der Waals surface area contributed by atoms with E-state index in [-0.39, 0.29) is 0 Å². The second kappa shape index (κ2) is 4.95. The van der Waals surface area contributed by atoms with Crippen LogP contribution in [-0.2, 0) is 0 Å². The Bertz CT molecular complexity index is 497. The summed E-state index contributed by atoms with van der Waals surface area (Å²) in [5.74, 6) is 0.845. The Morgan fingerprint density at radius 2 is 1.50 bits per heavy atom. The summed E-state index contributed by atoms with van der Waals surface area (Å²) in [6, 6.07) is 20.1. The smallest absolute Gasteiger partial charge is 0.0346 e. The number of hydrogen-bond acceptors (Lipinski definition) is 1. The maximum atomic E-state index is 3.44. The van der Waals surface area contributed by atoms with Gasteiger partial charge in [-0.25, -0.2) is 0 Å². The Labute approximate surface area is 109 Å². The summed E-state index contributed by atoms with van der Waals surface area (Å²) in [5, 5.41) is 3.44. The van der Waals surface area contributed by atoms with E-state index in [1.807, 2.05) is 0 Å². The van der Waals surface area contributed by atoms with Gasteiger partial charge in [0, 0.05) is 6.04 Å². The quantitative estimate of drug-likeness (QED) is 0.846. The largest absolute Gasteiger partial charge is 0.313 e. The molecule has 0 bridgehead atoms. The van der Waals surface area contributed by atoms with Gasteiger partial charge in [0.25, 0.3) is 0 Å². The highest BCUT2D eigenvalue weighted by Gasteiger charge is 2.30. The zero-order valence-corrected chi connectivity index (χ0v) is 10.8. The van der Waals surface area contributed by atoms with E-state index >= 15 is 0 Å². The zero-order chi connectivity index (χ0) is 12.4. The molecule has 1 heteroatoms. The summed E-state index contributed by atoms with van der Waals surface area (Å²) < 4.78 is 0. The predicted octanol–water partition coefficient (Wildman–Crippen LogP) is 4.02. The van der Waals surface area contributed by atoms with E-state index in [1.54, 1.807) is 0 Å². The minimum atomic E-state index is 0.537. The Morgan fingerprint density at radius 3 is 2.06 bits per heavy atom. The van der Waals surface area contributed by atoms with Gasteiger partial charge in [-0.05, 0) is 42.5 Å². The molecule has 18 heavy (non-hydrogen) atoms. The third kappa shape index (κ3) is 2.32. The molecule has 0 aromatic heterocycles. The predicted molar refractivity (Wildman–Crippen MR) is 76.4 cm³/mol. The minimum Gasteiger partial charge on any atom is -0.313 e. The molecule has 0 saturated heterocycles. The van der Waals surface area contributed by atoms with Crippen molar-refractivity contribution in [3.05, 3.63) is 60.2 Å². The van der Waals surface area contributed by atoms with Crippen molar-refractivity contribution in [3.63, 3.8) is 0 Å². The highest BCUT2D eigenvalue weighted by Crippen LogP contribution is 2.40. The van der Waals surface area contributed by atoms with Crippen LogP contribution < -0.4 is 5.32 Å². The maximum absolute atomic E-state index is 3.44. The van der Waals surface area contributed by atoms with Gasteiger partial charge in [0.1, 0.15) is 0 Å². The van der Waals surface area contributed by atoms with Gasteiger partial charge in [-0.2, -0.15) is 0 Å². The topological polar surface area (TPSA) is 12.0 Å². The molecule has 1 fully saturated rings. The van der Waals surface area contributed by atoms with E-state index in [2.05, 4.69) is 67.0 Å². The first-order valence-corrected chi connectivity index (χ1v) is 6.71. The Morgan fingerprint density at radius 1 is 0.889 bits per heavy atom. The van der Waals surface area contributed by atoms with Gasteiger partial charge in [0.15, 0.2) is 0 Å². The summed E-state index contributed by atoms with van der Waals surface area (Å²) in [7, 11) is 2.06. The molecule has 1 N–H and O–H groups in total. The standard InChI is InChI=1S/C17H19N/c1-18-17(16-11-12-16)15-9-7-14(8-10-15)13-5-3-2-4-6-13/h2-10,16-18H,11-12H2,1H3. The Kier molecular flexibility index (Phi) is 3.16. The van der Waals surface area contributed by atoms with Crippen LogP contribution in [0.15, 0.2) is 54.6 Å². The third-order valence-corrected chi connectivity index (χ3v) is 3.78. The van der Waals surface area contributed by atoms with E-state index in [9.17, 15) is 0 Å². The van der Waals surface area contributed by atoms with Crippen LogP contribution in [0.5, 0.6) is 0 Å². The molecule has 1 nitrogen and oxygen atoms in total. The molecule has 92 valence electrons. The van der Waals surface area contributed by atoms with Gasteiger partial charge in [0.05, 0.1) is 0 Å². The van der Waals surface area contributed by atoms with Crippen molar-refractivity contribution in [1.82, 2.24) is 5.32 Å². The molecule has 0 aliphatic heterocycles. The molecule has 3 rings (SSSR count). The average Bonchev–Trinajstić information content (AvgIpc) is 3.26. The molecule has 1 aliphatic carbocycles. The summed E-state index contributed by atoms with van der Waals surface area (Å²) in [6.07, 6.45) is 2.73. The molecule has 2 aromatic carbocycles. The average molecular weight is 237 g/mol. The lowest BCUT2D eigenvalue weighted by atomic mass is 9.98. The molecule has 0 spiro atoms. The normalized spacial score (nSPS) is 16.5. The van der Waals surface area contributed by atoms with Crippen LogP contribution in [0.2, 0.25) is 0 Å². The molecule has 0 amide bonds. The maximum Gasteiger partial charge on any atom is 0.0346 e. The van der Waals surface area contributed by atoms with E-state index < -0.39 is 0 Å². The Hall–Kier alpha value is -1.60. The van der Waals surface area contributed by atoms with Gasteiger partial charge in [-0.3, -0.25) is 0 Å². The summed E-state index contributed by atoms with van der Waals surface area (Å²) >= 11 is 0. The zero-order valence-electron chi connectivity index (χ0n) is 10.8. The lowest BCUT2D eigenvalue weighted by Gasteiger charge is -2.16. The summed E-state index contributed by atoms with van der Waals surface area (Å²) in [4.78, 5) is 0. The molecule has 0 heterocycles. The number of hydrogen-bond donors (Lipinski definition) is 1. The van der Waals surface area contributed by atoms with E-state index in [0.29, 0.717) is 6.04 Å². The Balaban J connectivity index is 1.84. The van der Waals surface area contributed by atoms with Crippen molar-refractivity contribution >= 4 is 0 Å². The van der Waals surface area contributed by atoms with Crippen molar-refractivity contribution in [2.24, 2.45) is 5.92 Å². The first kappa shape index (κ1) is 11.5. The van der Waals surface area contributed by atoms with Gasteiger partial charge in [0.2, 0.25) is 0 Å². The molecular formula is C17H19N. The fourth-order valence-corrected chi connectivity index (χ4v) is 2.62. The van der Waals surface area contributed by atoms with Crippen molar-refractivity contribution in [3.8, 4) is 11.1 Å². The molecule has 2 aromatic rings. The minimum absolute atomic E-state index is 0.537. The van der Waals surface area contributed by atoms with Crippen molar-refractivity contribution < 1.29 is 0 Å². The second-order valence-corrected chi connectivity index (χ2v) is 5.09. The van der Waals surface area contributed by atoms with Gasteiger partial charge < -0.3 is 5.32 Å². The van der Waals surface area contributed by atoms with Gasteiger partial charge in [-0.15, -0.1) is 0 Å². The molecule has 1 atom stereocenters. The molecule has 0 radical (unpaired) electrons. The van der Waals surface area contributed by atoms with E-state index in [0.717, 1.165) is 5.92 Å². The van der Waals surface area contributed by atoms with Crippen LogP contribution in [0, 0.1) is 5.92 Å². The SMILES string of the molecule is CNC(c1ccc(-c2ccccc2)cc1)C1CC1. The number of benzene rings is 2. The third-order valence-electron chi connectivity index (χ3n) is 3.78. The van der Waals surface area contributed by atoms with Gasteiger partial charge in [-0.1, -0.05) is 54.6 Å². The fourth-order valence-electron chi connectivity index (χ4n) is 2.62. The van der Waals surface area contributed by atoms with Crippen LogP contribution in [-0.4, -0.2) is 7.05 Å². The van der Waals surface area contributed by atoms with Crippen molar-refractivity contribution in [2.75, 3.05) is 7.05 Å². The molecule has 1 aliphatic rings. The molecule has 1 saturated carbocycles. The highest BCUT2D eigenvalue weighted by atomic mass is 14.9. The summed E-state index contributed by atoms with van der Waals surface area (Å²) in [6.45, 7) is 0. The number of nitrogens with one attached hydrogen (secondary N) is 1. The molecular weight excluding hydrogens is 218 g/mol.